The van der Waals surface area contributed by atoms with Crippen LogP contribution in [-0.2, 0) is 0 Å². The minimum Gasteiger partial charge on any atom is -0.393 e. The molecule has 70 valence electrons. The minimum absolute atomic E-state index is 0.159. The number of urea groups is 1. The quantitative estimate of drug-likeness (QED) is 0.547. The van der Waals surface area contributed by atoms with Crippen LogP contribution >= 0.6 is 12.2 Å². The van der Waals surface area contributed by atoms with E-state index < -0.39 is 0 Å². The number of carbonyl (C=O) groups is 1. The molecule has 0 aliphatic heterocycles. The largest absolute Gasteiger partial charge is 0.393 e. The van der Waals surface area contributed by atoms with Crippen LogP contribution < -0.4 is 16.4 Å². The van der Waals surface area contributed by atoms with Crippen LogP contribution in [0.25, 0.3) is 0 Å². The summed E-state index contributed by atoms with van der Waals surface area (Å²) in [6.07, 6.45) is 1.48. The van der Waals surface area contributed by atoms with E-state index in [-0.39, 0.29) is 6.03 Å². The molecule has 0 unspecified atom stereocenters. The van der Waals surface area contributed by atoms with E-state index in [2.05, 4.69) is 22.9 Å². The van der Waals surface area contributed by atoms with Crippen molar-refractivity contribution in [3.8, 4) is 0 Å². The summed E-state index contributed by atoms with van der Waals surface area (Å²) in [4.78, 5) is 11.3. The van der Waals surface area contributed by atoms with E-state index in [4.69, 9.17) is 5.73 Å². The Bertz CT molecular complexity index is 161. The number of nitrogens with two attached hydrogens (primary N) is 1. The predicted molar refractivity (Wildman–Crippen MR) is 53.1 cm³/mol. The van der Waals surface area contributed by atoms with Gasteiger partial charge in [0.2, 0.25) is 0 Å². The van der Waals surface area contributed by atoms with Gasteiger partial charge in [-0.15, -0.1) is 0 Å². The van der Waals surface area contributed by atoms with Gasteiger partial charge in [0.1, 0.15) is 0 Å². The fourth-order valence-electron chi connectivity index (χ4n) is 0.600. The van der Waals surface area contributed by atoms with Gasteiger partial charge in [0, 0.05) is 19.5 Å². The Morgan fingerprint density at radius 3 is 2.50 bits per heavy atom. The Hall–Kier alpha value is -0.840. The average molecular weight is 189 g/mol. The summed E-state index contributed by atoms with van der Waals surface area (Å²) in [5.41, 5.74) is 5.24. The lowest BCUT2D eigenvalue weighted by Gasteiger charge is -2.05. The van der Waals surface area contributed by atoms with Crippen LogP contribution in [0.1, 0.15) is 19.8 Å². The van der Waals surface area contributed by atoms with Crippen molar-refractivity contribution in [3.05, 3.63) is 0 Å². The molecule has 4 N–H and O–H groups in total. The second kappa shape index (κ2) is 6.84. The number of amides is 2. The molecule has 0 bridgehead atoms. The molecule has 0 saturated heterocycles. The molecule has 0 spiro atoms. The summed E-state index contributed by atoms with van der Waals surface area (Å²) in [7, 11) is 0. The van der Waals surface area contributed by atoms with Gasteiger partial charge in [0.05, 0.1) is 4.99 Å². The molecule has 4 nitrogen and oxygen atoms in total. The summed E-state index contributed by atoms with van der Waals surface area (Å²) in [6.45, 7) is 3.19. The van der Waals surface area contributed by atoms with E-state index in [1.807, 2.05) is 6.92 Å². The molecule has 0 aromatic rings. The molecule has 0 saturated carbocycles. The molecule has 0 aliphatic carbocycles. The van der Waals surface area contributed by atoms with Crippen LogP contribution in [0.2, 0.25) is 0 Å². The first-order chi connectivity index (χ1) is 5.66. The van der Waals surface area contributed by atoms with Gasteiger partial charge < -0.3 is 16.4 Å². The molecule has 12 heavy (non-hydrogen) atoms. The predicted octanol–water partition coefficient (Wildman–Crippen LogP) is 0.372. The SMILES string of the molecule is CCCNC(=O)NCCC(N)=S. The van der Waals surface area contributed by atoms with Crippen molar-refractivity contribution >= 4 is 23.2 Å². The van der Waals surface area contributed by atoms with Crippen LogP contribution in [0.4, 0.5) is 4.79 Å². The lowest BCUT2D eigenvalue weighted by molar-refractivity contribution is 0.241. The maximum Gasteiger partial charge on any atom is 0.314 e. The maximum atomic E-state index is 10.9. The molecule has 2 amide bonds. The minimum atomic E-state index is -0.159. The third kappa shape index (κ3) is 7.27. The lowest BCUT2D eigenvalue weighted by Crippen LogP contribution is -2.37. The number of thiocarbonyl (C=S) groups is 1. The summed E-state index contributed by atoms with van der Waals surface area (Å²) in [5, 5.41) is 5.30. The number of nitrogens with one attached hydrogen (secondary N) is 2. The summed E-state index contributed by atoms with van der Waals surface area (Å²) >= 11 is 4.64. The first kappa shape index (κ1) is 11.2. The molecule has 0 fully saturated rings. The van der Waals surface area contributed by atoms with E-state index in [0.717, 1.165) is 6.42 Å². The van der Waals surface area contributed by atoms with Crippen molar-refractivity contribution in [1.82, 2.24) is 10.6 Å². The monoisotopic (exact) mass is 189 g/mol. The van der Waals surface area contributed by atoms with Gasteiger partial charge in [0.25, 0.3) is 0 Å². The molecule has 0 aromatic heterocycles. The van der Waals surface area contributed by atoms with E-state index in [1.54, 1.807) is 0 Å². The highest BCUT2D eigenvalue weighted by Crippen LogP contribution is 1.77. The maximum absolute atomic E-state index is 10.9. The first-order valence-electron chi connectivity index (χ1n) is 3.96. The van der Waals surface area contributed by atoms with Crippen molar-refractivity contribution in [2.24, 2.45) is 5.73 Å². The van der Waals surface area contributed by atoms with Gasteiger partial charge in [0.15, 0.2) is 0 Å². The number of hydrogen-bond donors (Lipinski definition) is 3. The Morgan fingerprint density at radius 1 is 1.42 bits per heavy atom. The van der Waals surface area contributed by atoms with Crippen LogP contribution in [0.3, 0.4) is 0 Å². The molecule has 0 aromatic carbocycles. The van der Waals surface area contributed by atoms with E-state index >= 15 is 0 Å². The highest BCUT2D eigenvalue weighted by Gasteiger charge is 1.96. The number of rotatable bonds is 5. The molecular weight excluding hydrogens is 174 g/mol. The van der Waals surface area contributed by atoms with E-state index in [9.17, 15) is 4.79 Å². The highest BCUT2D eigenvalue weighted by molar-refractivity contribution is 7.80. The van der Waals surface area contributed by atoms with Gasteiger partial charge in [-0.05, 0) is 6.42 Å². The van der Waals surface area contributed by atoms with Crippen molar-refractivity contribution in [1.29, 1.82) is 0 Å². The van der Waals surface area contributed by atoms with E-state index in [1.165, 1.54) is 0 Å². The van der Waals surface area contributed by atoms with Gasteiger partial charge in [-0.3, -0.25) is 0 Å². The average Bonchev–Trinajstić information content (AvgIpc) is 2.00. The Balaban J connectivity index is 3.25. The second-order valence-corrected chi connectivity index (χ2v) is 2.92. The third-order valence-corrected chi connectivity index (χ3v) is 1.40. The Morgan fingerprint density at radius 2 is 2.00 bits per heavy atom. The van der Waals surface area contributed by atoms with Crippen LogP contribution in [-0.4, -0.2) is 24.1 Å². The third-order valence-electron chi connectivity index (χ3n) is 1.19. The van der Waals surface area contributed by atoms with Crippen LogP contribution in [0.15, 0.2) is 0 Å². The lowest BCUT2D eigenvalue weighted by atomic mass is 10.4. The fraction of sp³-hybridized carbons (Fsp3) is 0.714. The zero-order valence-corrected chi connectivity index (χ0v) is 8.04. The number of carbonyl (C=O) groups excluding carboxylic acids is 1. The molecule has 0 rings (SSSR count). The summed E-state index contributed by atoms with van der Waals surface area (Å²) in [5.74, 6) is 0. The van der Waals surface area contributed by atoms with Crippen molar-refractivity contribution in [2.75, 3.05) is 13.1 Å². The van der Waals surface area contributed by atoms with Gasteiger partial charge >= 0.3 is 6.03 Å². The topological polar surface area (TPSA) is 67.2 Å². The first-order valence-corrected chi connectivity index (χ1v) is 4.37. The Kier molecular flexibility index (Phi) is 6.37. The molecular formula is C7H15N3OS. The summed E-state index contributed by atoms with van der Waals surface area (Å²) in [6, 6.07) is -0.159. The molecule has 0 heterocycles. The van der Waals surface area contributed by atoms with Crippen molar-refractivity contribution < 1.29 is 4.79 Å². The molecule has 0 radical (unpaired) electrons. The molecule has 5 heteroatoms. The van der Waals surface area contributed by atoms with Gasteiger partial charge in [-0.1, -0.05) is 19.1 Å². The van der Waals surface area contributed by atoms with Crippen molar-refractivity contribution in [3.63, 3.8) is 0 Å². The molecule has 0 aliphatic rings. The normalized spacial score (nSPS) is 9.08. The van der Waals surface area contributed by atoms with Gasteiger partial charge in [-0.25, -0.2) is 4.79 Å². The highest BCUT2D eigenvalue weighted by atomic mass is 32.1. The zero-order valence-electron chi connectivity index (χ0n) is 7.22. The zero-order chi connectivity index (χ0) is 9.40. The summed E-state index contributed by atoms with van der Waals surface area (Å²) < 4.78 is 0. The van der Waals surface area contributed by atoms with Crippen LogP contribution in [0, 0.1) is 0 Å². The second-order valence-electron chi connectivity index (χ2n) is 2.40. The fourth-order valence-corrected chi connectivity index (χ4v) is 0.702. The molecule has 0 atom stereocenters. The Labute approximate surface area is 77.9 Å². The van der Waals surface area contributed by atoms with Crippen LogP contribution in [0.5, 0.6) is 0 Å². The number of hydrogen-bond acceptors (Lipinski definition) is 2. The van der Waals surface area contributed by atoms with E-state index in [0.29, 0.717) is 24.5 Å². The smallest absolute Gasteiger partial charge is 0.314 e. The standard InChI is InChI=1S/C7H15N3OS/c1-2-4-9-7(11)10-5-3-6(8)12/h2-5H2,1H3,(H2,8,12)(H2,9,10,11). The van der Waals surface area contributed by atoms with Crippen molar-refractivity contribution in [2.45, 2.75) is 19.8 Å². The van der Waals surface area contributed by atoms with Gasteiger partial charge in [-0.2, -0.15) is 0 Å².